The van der Waals surface area contributed by atoms with E-state index in [-0.39, 0.29) is 5.92 Å². The van der Waals surface area contributed by atoms with Gasteiger partial charge < -0.3 is 10.5 Å². The van der Waals surface area contributed by atoms with Gasteiger partial charge in [-0.05, 0) is 19.4 Å². The average molecular weight is 263 g/mol. The van der Waals surface area contributed by atoms with Gasteiger partial charge in [0.05, 0.1) is 12.0 Å². The molecule has 0 aliphatic heterocycles. The van der Waals surface area contributed by atoms with Gasteiger partial charge in [-0.3, -0.25) is 0 Å². The fraction of sp³-hybridized carbons (Fsp3) is 0.800. The third-order valence-electron chi connectivity index (χ3n) is 2.29. The smallest absolute Gasteiger partial charge is 0.404 e. The molecule has 1 amide bonds. The molecule has 0 aromatic carbocycles. The van der Waals surface area contributed by atoms with Crippen LogP contribution in [0.3, 0.4) is 0 Å². The van der Waals surface area contributed by atoms with Crippen LogP contribution in [0, 0.1) is 17.2 Å². The van der Waals surface area contributed by atoms with Crippen LogP contribution < -0.4 is 5.73 Å². The quantitative estimate of drug-likeness (QED) is 0.591. The first kappa shape index (κ1) is 15.3. The van der Waals surface area contributed by atoms with Crippen molar-refractivity contribution in [3.05, 3.63) is 0 Å². The van der Waals surface area contributed by atoms with Crippen molar-refractivity contribution >= 4 is 24.6 Å². The van der Waals surface area contributed by atoms with Gasteiger partial charge >= 0.3 is 6.09 Å². The van der Waals surface area contributed by atoms with E-state index in [2.05, 4.69) is 19.2 Å². The van der Waals surface area contributed by atoms with E-state index in [1.54, 1.807) is 6.92 Å². The zero-order chi connectivity index (χ0) is 12.8. The molecule has 0 bridgehead atoms. The van der Waals surface area contributed by atoms with Crippen molar-refractivity contribution in [1.29, 1.82) is 5.26 Å². The molecule has 16 heavy (non-hydrogen) atoms. The maximum atomic E-state index is 10.7. The van der Waals surface area contributed by atoms with Gasteiger partial charge in [0.1, 0.15) is 13.5 Å². The number of hydrogen-bond donors (Lipinski definition) is 1. The summed E-state index contributed by atoms with van der Waals surface area (Å²) in [5.74, 6) is -0.340. The lowest BCUT2D eigenvalue weighted by Gasteiger charge is -2.20. The Balaban J connectivity index is 4.13. The van der Waals surface area contributed by atoms with E-state index >= 15 is 0 Å². The molecule has 2 unspecified atom stereocenters. The second kappa shape index (κ2) is 6.76. The van der Waals surface area contributed by atoms with E-state index in [9.17, 15) is 4.79 Å². The molecule has 0 spiro atoms. The Morgan fingerprint density at radius 3 is 2.56 bits per heavy atom. The number of nitrogens with zero attached hydrogens (tertiary/aromatic N) is 1. The number of primary amides is 1. The lowest BCUT2D eigenvalue weighted by molar-refractivity contribution is 0.0815. The molecule has 0 aromatic heterocycles. The predicted molar refractivity (Wildman–Crippen MR) is 66.6 cm³/mol. The summed E-state index contributed by atoms with van der Waals surface area (Å²) in [6.45, 7) is 5.84. The molecule has 2 atom stereocenters. The fourth-order valence-electron chi connectivity index (χ4n) is 1.37. The highest BCUT2D eigenvalue weighted by atomic mass is 35.6. The molecule has 0 rings (SSSR count). The number of nitrogens with two attached hydrogens (primary N) is 1. The van der Waals surface area contributed by atoms with Crippen LogP contribution in [0.2, 0.25) is 19.1 Å². The first-order chi connectivity index (χ1) is 7.26. The Morgan fingerprint density at radius 1 is 1.62 bits per heavy atom. The van der Waals surface area contributed by atoms with Gasteiger partial charge in [-0.2, -0.15) is 16.3 Å². The third kappa shape index (κ3) is 7.54. The van der Waals surface area contributed by atoms with Gasteiger partial charge in [-0.25, -0.2) is 4.79 Å². The van der Waals surface area contributed by atoms with Crippen LogP contribution in [0.25, 0.3) is 0 Å². The third-order valence-corrected chi connectivity index (χ3v) is 4.40. The lowest BCUT2D eigenvalue weighted by Crippen LogP contribution is -2.28. The molecule has 0 radical (unpaired) electrons. The summed E-state index contributed by atoms with van der Waals surface area (Å²) in [6, 6.07) is 3.00. The monoisotopic (exact) mass is 262 g/mol. The van der Waals surface area contributed by atoms with Gasteiger partial charge in [-0.15, -0.1) is 0 Å². The second-order valence-corrected chi connectivity index (χ2v) is 11.5. The maximum Gasteiger partial charge on any atom is 0.404 e. The summed E-state index contributed by atoms with van der Waals surface area (Å²) >= 11 is 6.18. The minimum Gasteiger partial charge on any atom is -0.445 e. The number of amides is 1. The Morgan fingerprint density at radius 2 is 2.19 bits per heavy atom. The highest BCUT2D eigenvalue weighted by Gasteiger charge is 2.22. The molecule has 0 fully saturated rings. The van der Waals surface area contributed by atoms with Crippen LogP contribution in [0.4, 0.5) is 4.79 Å². The van der Waals surface area contributed by atoms with Crippen LogP contribution in [0.1, 0.15) is 19.8 Å². The molecular weight excluding hydrogens is 244 g/mol. The van der Waals surface area contributed by atoms with E-state index < -0.39 is 19.6 Å². The number of ether oxygens (including phenoxy) is 1. The van der Waals surface area contributed by atoms with Crippen LogP contribution in [-0.2, 0) is 4.74 Å². The summed E-state index contributed by atoms with van der Waals surface area (Å²) in [4.78, 5) is 10.7. The zero-order valence-corrected chi connectivity index (χ0v) is 11.8. The summed E-state index contributed by atoms with van der Waals surface area (Å²) in [7, 11) is -1.59. The molecule has 6 heteroatoms. The van der Waals surface area contributed by atoms with E-state index in [0.29, 0.717) is 6.42 Å². The molecule has 0 aliphatic carbocycles. The van der Waals surface area contributed by atoms with Gasteiger partial charge in [0.2, 0.25) is 0 Å². The number of nitriles is 1. The van der Waals surface area contributed by atoms with Crippen molar-refractivity contribution in [1.82, 2.24) is 0 Å². The number of rotatable bonds is 6. The van der Waals surface area contributed by atoms with Gasteiger partial charge in [0.25, 0.3) is 0 Å². The molecule has 4 nitrogen and oxygen atoms in total. The Bertz CT molecular complexity index is 273. The zero-order valence-electron chi connectivity index (χ0n) is 10.00. The topological polar surface area (TPSA) is 76.1 Å². The molecule has 0 aromatic rings. The van der Waals surface area contributed by atoms with Crippen molar-refractivity contribution < 1.29 is 9.53 Å². The molecule has 0 saturated heterocycles. The standard InChI is InChI=1S/C10H19ClN2O2Si/c1-8(7-12)9(15-10(13)14)5-4-6-16(2,3)11/h8-9H,4-6H2,1-3H3,(H2,13,14). The van der Waals surface area contributed by atoms with Crippen molar-refractivity contribution in [2.45, 2.75) is 45.0 Å². The van der Waals surface area contributed by atoms with Crippen LogP contribution in [-0.4, -0.2) is 19.6 Å². The minimum absolute atomic E-state index is 0.340. The van der Waals surface area contributed by atoms with Crippen LogP contribution in [0.15, 0.2) is 0 Å². The van der Waals surface area contributed by atoms with Crippen molar-refractivity contribution in [2.75, 3.05) is 0 Å². The number of halogens is 1. The number of carbonyl (C=O) groups excluding carboxylic acids is 1. The molecule has 0 saturated carbocycles. The molecular formula is C10H19ClN2O2Si. The SMILES string of the molecule is CC(C#N)C(CCC[Si](C)(C)Cl)OC(N)=O. The fourth-order valence-corrected chi connectivity index (χ4v) is 2.81. The number of hydrogen-bond acceptors (Lipinski definition) is 3. The van der Waals surface area contributed by atoms with Crippen LogP contribution in [0.5, 0.6) is 0 Å². The van der Waals surface area contributed by atoms with Gasteiger partial charge in [-0.1, -0.05) is 19.5 Å². The van der Waals surface area contributed by atoms with Crippen molar-refractivity contribution in [3.63, 3.8) is 0 Å². The van der Waals surface area contributed by atoms with E-state index in [1.807, 2.05) is 0 Å². The van der Waals surface area contributed by atoms with Gasteiger partial charge in [0.15, 0.2) is 0 Å². The summed E-state index contributed by atoms with van der Waals surface area (Å²) in [6.07, 6.45) is 0.248. The normalized spacial score (nSPS) is 14.9. The van der Waals surface area contributed by atoms with Gasteiger partial charge in [0, 0.05) is 0 Å². The highest BCUT2D eigenvalue weighted by Crippen LogP contribution is 2.21. The highest BCUT2D eigenvalue weighted by molar-refractivity contribution is 7.19. The number of carbonyl (C=O) groups is 1. The van der Waals surface area contributed by atoms with Crippen molar-refractivity contribution in [3.8, 4) is 6.07 Å². The van der Waals surface area contributed by atoms with Crippen LogP contribution >= 0.6 is 11.1 Å². The van der Waals surface area contributed by atoms with E-state index in [1.165, 1.54) is 0 Å². The maximum absolute atomic E-state index is 10.7. The summed E-state index contributed by atoms with van der Waals surface area (Å²) in [5.41, 5.74) is 4.96. The predicted octanol–water partition coefficient (Wildman–Crippen LogP) is 2.83. The first-order valence-electron chi connectivity index (χ1n) is 5.31. The van der Waals surface area contributed by atoms with Crippen molar-refractivity contribution in [2.24, 2.45) is 11.7 Å². The van der Waals surface area contributed by atoms with E-state index in [4.69, 9.17) is 26.8 Å². The largest absolute Gasteiger partial charge is 0.445 e. The summed E-state index contributed by atoms with van der Waals surface area (Å²) in [5, 5.41) is 8.78. The minimum atomic E-state index is -1.59. The average Bonchev–Trinajstić information content (AvgIpc) is 2.12. The second-order valence-electron chi connectivity index (χ2n) is 4.50. The first-order valence-corrected chi connectivity index (χ1v) is 9.53. The summed E-state index contributed by atoms with van der Waals surface area (Å²) < 4.78 is 4.91. The lowest BCUT2D eigenvalue weighted by atomic mass is 10.0. The van der Waals surface area contributed by atoms with E-state index in [0.717, 1.165) is 12.5 Å². The molecule has 92 valence electrons. The Hall–Kier alpha value is -0.733. The molecule has 2 N–H and O–H groups in total. The Kier molecular flexibility index (Phi) is 6.45. The Labute approximate surface area is 102 Å². The molecule has 0 heterocycles. The molecule has 0 aliphatic rings.